The lowest BCUT2D eigenvalue weighted by Crippen LogP contribution is -2.10. The number of rotatable bonds is 4. The van der Waals surface area contributed by atoms with Crippen molar-refractivity contribution in [2.75, 3.05) is 6.61 Å². The molecule has 72 valence electrons. The van der Waals surface area contributed by atoms with Gasteiger partial charge in [0.15, 0.2) is 0 Å². The number of aromatic hydroxyl groups is 1. The molecule has 1 atom stereocenters. The normalized spacial score (nSPS) is 12.8. The monoisotopic (exact) mass is 181 g/mol. The molecule has 3 heteroatoms. The lowest BCUT2D eigenvalue weighted by atomic mass is 10.0. The largest absolute Gasteiger partial charge is 0.508 e. The first-order valence-electron chi connectivity index (χ1n) is 4.40. The van der Waals surface area contributed by atoms with Gasteiger partial charge < -0.3 is 15.9 Å². The number of hydrogen-bond acceptors (Lipinski definition) is 3. The highest BCUT2D eigenvalue weighted by Crippen LogP contribution is 2.24. The van der Waals surface area contributed by atoms with Crippen LogP contribution in [-0.2, 0) is 0 Å². The molecule has 0 bridgehead atoms. The van der Waals surface area contributed by atoms with Crippen LogP contribution in [0.3, 0.4) is 0 Å². The van der Waals surface area contributed by atoms with Gasteiger partial charge in [-0.15, -0.1) is 0 Å². The summed E-state index contributed by atoms with van der Waals surface area (Å²) in [6.07, 6.45) is 1.35. The van der Waals surface area contributed by atoms with Crippen LogP contribution in [-0.4, -0.2) is 16.8 Å². The molecule has 0 aliphatic carbocycles. The van der Waals surface area contributed by atoms with Crippen LogP contribution in [0, 0.1) is 0 Å². The average Bonchev–Trinajstić information content (AvgIpc) is 2.15. The number of para-hydroxylation sites is 1. The van der Waals surface area contributed by atoms with Gasteiger partial charge in [0.1, 0.15) is 5.75 Å². The molecule has 4 N–H and O–H groups in total. The Morgan fingerprint density at radius 2 is 2.00 bits per heavy atom. The summed E-state index contributed by atoms with van der Waals surface area (Å²) in [5, 5.41) is 18.1. The van der Waals surface area contributed by atoms with Crippen molar-refractivity contribution in [2.45, 2.75) is 18.9 Å². The van der Waals surface area contributed by atoms with E-state index in [0.29, 0.717) is 12.8 Å². The standard InChI is InChI=1S/C10H15NO2/c11-9(5-3-7-12)8-4-1-2-6-10(8)13/h1-2,4,6,9,12-13H,3,5,7,11H2/t9-/m0/s1. The summed E-state index contributed by atoms with van der Waals surface area (Å²) in [7, 11) is 0. The fourth-order valence-electron chi connectivity index (χ4n) is 1.27. The van der Waals surface area contributed by atoms with Gasteiger partial charge in [0.2, 0.25) is 0 Å². The van der Waals surface area contributed by atoms with E-state index in [0.717, 1.165) is 5.56 Å². The third-order valence-electron chi connectivity index (χ3n) is 2.01. The molecule has 3 nitrogen and oxygen atoms in total. The molecule has 0 amide bonds. The zero-order valence-corrected chi connectivity index (χ0v) is 7.48. The van der Waals surface area contributed by atoms with Gasteiger partial charge in [-0.05, 0) is 18.9 Å². The first-order chi connectivity index (χ1) is 6.25. The maximum atomic E-state index is 9.44. The smallest absolute Gasteiger partial charge is 0.120 e. The van der Waals surface area contributed by atoms with Crippen molar-refractivity contribution in [2.24, 2.45) is 5.73 Å². The second-order valence-electron chi connectivity index (χ2n) is 3.03. The molecule has 0 saturated heterocycles. The summed E-state index contributed by atoms with van der Waals surface area (Å²) in [6.45, 7) is 0.140. The first-order valence-corrected chi connectivity index (χ1v) is 4.40. The van der Waals surface area contributed by atoms with Gasteiger partial charge in [0.25, 0.3) is 0 Å². The predicted molar refractivity (Wildman–Crippen MR) is 51.4 cm³/mol. The van der Waals surface area contributed by atoms with E-state index in [-0.39, 0.29) is 18.4 Å². The van der Waals surface area contributed by atoms with Gasteiger partial charge in [0.05, 0.1) is 0 Å². The summed E-state index contributed by atoms with van der Waals surface area (Å²) in [4.78, 5) is 0. The van der Waals surface area contributed by atoms with Crippen LogP contribution in [0.15, 0.2) is 24.3 Å². The minimum absolute atomic E-state index is 0.140. The Balaban J connectivity index is 2.65. The van der Waals surface area contributed by atoms with Crippen LogP contribution in [0.1, 0.15) is 24.4 Å². The number of benzene rings is 1. The SMILES string of the molecule is N[C@@H](CCCO)c1ccccc1O. The molecule has 0 aliphatic heterocycles. The zero-order valence-electron chi connectivity index (χ0n) is 7.48. The van der Waals surface area contributed by atoms with E-state index >= 15 is 0 Å². The number of aliphatic hydroxyl groups excluding tert-OH is 1. The summed E-state index contributed by atoms with van der Waals surface area (Å²) in [5.41, 5.74) is 6.56. The lowest BCUT2D eigenvalue weighted by Gasteiger charge is -2.12. The number of phenolic OH excluding ortho intramolecular Hbond substituents is 1. The van der Waals surface area contributed by atoms with E-state index in [4.69, 9.17) is 10.8 Å². The summed E-state index contributed by atoms with van der Waals surface area (Å²) >= 11 is 0. The molecule has 1 rings (SSSR count). The van der Waals surface area contributed by atoms with Gasteiger partial charge in [-0.3, -0.25) is 0 Å². The molecule has 0 spiro atoms. The Morgan fingerprint density at radius 1 is 1.31 bits per heavy atom. The van der Waals surface area contributed by atoms with Crippen LogP contribution in [0.25, 0.3) is 0 Å². The molecule has 0 radical (unpaired) electrons. The summed E-state index contributed by atoms with van der Waals surface area (Å²) < 4.78 is 0. The van der Waals surface area contributed by atoms with Crippen molar-refractivity contribution >= 4 is 0 Å². The Bertz CT molecular complexity index is 263. The Labute approximate surface area is 77.8 Å². The van der Waals surface area contributed by atoms with Crippen LogP contribution >= 0.6 is 0 Å². The molecule has 0 saturated carbocycles. The predicted octanol–water partition coefficient (Wildman–Crippen LogP) is 1.16. The molecular weight excluding hydrogens is 166 g/mol. The van der Waals surface area contributed by atoms with E-state index in [1.54, 1.807) is 18.2 Å². The van der Waals surface area contributed by atoms with Crippen LogP contribution < -0.4 is 5.73 Å². The molecule has 0 aromatic heterocycles. The number of aliphatic hydroxyl groups is 1. The second-order valence-corrected chi connectivity index (χ2v) is 3.03. The quantitative estimate of drug-likeness (QED) is 0.653. The van der Waals surface area contributed by atoms with Crippen molar-refractivity contribution in [3.8, 4) is 5.75 Å². The highest BCUT2D eigenvalue weighted by atomic mass is 16.3. The van der Waals surface area contributed by atoms with Crippen molar-refractivity contribution in [3.05, 3.63) is 29.8 Å². The van der Waals surface area contributed by atoms with Crippen molar-refractivity contribution in [1.29, 1.82) is 0 Å². The molecule has 1 aromatic carbocycles. The first kappa shape index (κ1) is 10.0. The molecule has 13 heavy (non-hydrogen) atoms. The minimum atomic E-state index is -0.187. The highest BCUT2D eigenvalue weighted by Gasteiger charge is 2.08. The van der Waals surface area contributed by atoms with Crippen LogP contribution in [0.2, 0.25) is 0 Å². The molecule has 0 aliphatic rings. The third kappa shape index (κ3) is 2.72. The van der Waals surface area contributed by atoms with Gasteiger partial charge in [-0.25, -0.2) is 0 Å². The second kappa shape index (κ2) is 4.84. The van der Waals surface area contributed by atoms with Crippen molar-refractivity contribution in [1.82, 2.24) is 0 Å². The van der Waals surface area contributed by atoms with Crippen molar-refractivity contribution in [3.63, 3.8) is 0 Å². The topological polar surface area (TPSA) is 66.5 Å². The van der Waals surface area contributed by atoms with E-state index in [1.807, 2.05) is 6.07 Å². The lowest BCUT2D eigenvalue weighted by molar-refractivity contribution is 0.279. The Kier molecular flexibility index (Phi) is 3.73. The maximum absolute atomic E-state index is 9.44. The van der Waals surface area contributed by atoms with Gasteiger partial charge >= 0.3 is 0 Å². The average molecular weight is 181 g/mol. The Hall–Kier alpha value is -1.06. The van der Waals surface area contributed by atoms with Gasteiger partial charge in [0, 0.05) is 18.2 Å². The van der Waals surface area contributed by atoms with Crippen molar-refractivity contribution < 1.29 is 10.2 Å². The fourth-order valence-corrected chi connectivity index (χ4v) is 1.27. The zero-order chi connectivity index (χ0) is 9.68. The minimum Gasteiger partial charge on any atom is -0.508 e. The molecule has 0 heterocycles. The van der Waals surface area contributed by atoms with E-state index in [1.165, 1.54) is 0 Å². The van der Waals surface area contributed by atoms with E-state index in [9.17, 15) is 5.11 Å². The third-order valence-corrected chi connectivity index (χ3v) is 2.01. The highest BCUT2D eigenvalue weighted by molar-refractivity contribution is 5.34. The molecular formula is C10H15NO2. The van der Waals surface area contributed by atoms with E-state index < -0.39 is 0 Å². The fraction of sp³-hybridized carbons (Fsp3) is 0.400. The Morgan fingerprint density at radius 3 is 2.62 bits per heavy atom. The number of hydrogen-bond donors (Lipinski definition) is 3. The molecule has 1 aromatic rings. The molecule has 0 fully saturated rings. The summed E-state index contributed by atoms with van der Waals surface area (Å²) in [5.74, 6) is 0.230. The van der Waals surface area contributed by atoms with Gasteiger partial charge in [-0.1, -0.05) is 18.2 Å². The number of phenols is 1. The maximum Gasteiger partial charge on any atom is 0.120 e. The summed E-state index contributed by atoms with van der Waals surface area (Å²) in [6, 6.07) is 6.84. The van der Waals surface area contributed by atoms with Crippen LogP contribution in [0.5, 0.6) is 5.75 Å². The van der Waals surface area contributed by atoms with Gasteiger partial charge in [-0.2, -0.15) is 0 Å². The number of nitrogens with two attached hydrogens (primary N) is 1. The molecule has 0 unspecified atom stereocenters. The van der Waals surface area contributed by atoms with Crippen LogP contribution in [0.4, 0.5) is 0 Å². The van der Waals surface area contributed by atoms with E-state index in [2.05, 4.69) is 0 Å².